The number of rotatable bonds is 3. The van der Waals surface area contributed by atoms with Gasteiger partial charge in [0.25, 0.3) is 0 Å². The van der Waals surface area contributed by atoms with Crippen molar-refractivity contribution >= 4 is 22.3 Å². The van der Waals surface area contributed by atoms with Crippen molar-refractivity contribution in [3.63, 3.8) is 0 Å². The number of hydrogen-bond acceptors (Lipinski definition) is 4. The molecule has 2 aromatic carbocycles. The molecule has 0 radical (unpaired) electrons. The number of anilines is 2. The first-order valence-electron chi connectivity index (χ1n) is 10.0. The van der Waals surface area contributed by atoms with Crippen molar-refractivity contribution < 1.29 is 4.74 Å². The van der Waals surface area contributed by atoms with E-state index in [1.807, 2.05) is 24.3 Å². The number of morpholine rings is 1. The Morgan fingerprint density at radius 1 is 1.04 bits per heavy atom. The smallest absolute Gasteiger partial charge is 0.102 e. The molecule has 3 aromatic rings. The third-order valence-corrected chi connectivity index (χ3v) is 6.10. The summed E-state index contributed by atoms with van der Waals surface area (Å²) in [5, 5.41) is 11.1. The van der Waals surface area contributed by atoms with Crippen molar-refractivity contribution in [2.24, 2.45) is 0 Å². The molecule has 0 amide bonds. The number of fused-ring (bicyclic) bond motifs is 1. The molecule has 0 unspecified atom stereocenters. The van der Waals surface area contributed by atoms with Gasteiger partial charge in [-0.1, -0.05) is 12.1 Å². The Labute approximate surface area is 164 Å². The molecule has 1 saturated heterocycles. The summed E-state index contributed by atoms with van der Waals surface area (Å²) in [5.41, 5.74) is 11.9. The highest BCUT2D eigenvalue weighted by Gasteiger charge is 2.28. The highest BCUT2D eigenvalue weighted by molar-refractivity contribution is 5.96. The van der Waals surface area contributed by atoms with Gasteiger partial charge < -0.3 is 19.9 Å². The van der Waals surface area contributed by atoms with Gasteiger partial charge in [-0.25, -0.2) is 0 Å². The average molecular weight is 372 g/mol. The molecule has 2 heterocycles. The number of ether oxygens (including phenoxy) is 1. The molecule has 0 spiro atoms. The Morgan fingerprint density at radius 3 is 2.43 bits per heavy atom. The van der Waals surface area contributed by atoms with Crippen LogP contribution in [0.3, 0.4) is 0 Å². The lowest BCUT2D eigenvalue weighted by molar-refractivity contribution is 0.122. The monoisotopic (exact) mass is 372 g/mol. The molecular weight excluding hydrogens is 348 g/mol. The van der Waals surface area contributed by atoms with Gasteiger partial charge in [0, 0.05) is 35.9 Å². The minimum absolute atomic E-state index is 0.456. The summed E-state index contributed by atoms with van der Waals surface area (Å²) in [4.78, 5) is 2.37. The van der Waals surface area contributed by atoms with Gasteiger partial charge in [-0.2, -0.15) is 5.26 Å². The van der Waals surface area contributed by atoms with Gasteiger partial charge in [0.2, 0.25) is 0 Å². The van der Waals surface area contributed by atoms with Crippen molar-refractivity contribution in [2.75, 3.05) is 36.9 Å². The molecule has 0 bridgehead atoms. The number of hydrogen-bond donors (Lipinski definition) is 1. The highest BCUT2D eigenvalue weighted by atomic mass is 16.5. The second-order valence-electron chi connectivity index (χ2n) is 7.71. The third-order valence-electron chi connectivity index (χ3n) is 6.10. The summed E-state index contributed by atoms with van der Waals surface area (Å²) in [6.07, 6.45) is 3.58. The van der Waals surface area contributed by atoms with Gasteiger partial charge in [-0.3, -0.25) is 0 Å². The standard InChI is InChI=1S/C23H24N4O/c24-15-21-20-9-8-19(26-10-12-28-13-11-26)14-22(20)27(18-2-1-3-18)23(21)16-4-6-17(25)7-5-16/h4-9,14,18H,1-3,10-13,25H2. The highest BCUT2D eigenvalue weighted by Crippen LogP contribution is 2.43. The first-order chi connectivity index (χ1) is 13.8. The van der Waals surface area contributed by atoms with Crippen molar-refractivity contribution in [1.82, 2.24) is 4.57 Å². The number of nitrogens with two attached hydrogens (primary N) is 1. The van der Waals surface area contributed by atoms with Crippen LogP contribution in [0.4, 0.5) is 11.4 Å². The molecule has 5 nitrogen and oxygen atoms in total. The van der Waals surface area contributed by atoms with Crippen LogP contribution in [-0.2, 0) is 4.74 Å². The van der Waals surface area contributed by atoms with E-state index in [9.17, 15) is 5.26 Å². The lowest BCUT2D eigenvalue weighted by Gasteiger charge is -2.31. The van der Waals surface area contributed by atoms with Gasteiger partial charge in [-0.15, -0.1) is 0 Å². The molecular formula is C23H24N4O. The predicted molar refractivity (Wildman–Crippen MR) is 112 cm³/mol. The summed E-state index contributed by atoms with van der Waals surface area (Å²) in [6.45, 7) is 3.35. The zero-order valence-corrected chi connectivity index (χ0v) is 15.9. The van der Waals surface area contributed by atoms with Gasteiger partial charge in [0.1, 0.15) is 6.07 Å². The van der Waals surface area contributed by atoms with Gasteiger partial charge >= 0.3 is 0 Å². The molecule has 2 aliphatic rings. The largest absolute Gasteiger partial charge is 0.399 e. The van der Waals surface area contributed by atoms with Crippen molar-refractivity contribution in [3.8, 4) is 17.3 Å². The van der Waals surface area contributed by atoms with Crippen LogP contribution in [0.25, 0.3) is 22.2 Å². The normalized spacial score (nSPS) is 17.5. The van der Waals surface area contributed by atoms with E-state index in [0.717, 1.165) is 59.7 Å². The van der Waals surface area contributed by atoms with Crippen LogP contribution in [0.5, 0.6) is 0 Å². The minimum Gasteiger partial charge on any atom is -0.399 e. The Balaban J connectivity index is 1.73. The zero-order chi connectivity index (χ0) is 19.1. The molecule has 28 heavy (non-hydrogen) atoms. The van der Waals surface area contributed by atoms with Crippen LogP contribution < -0.4 is 10.6 Å². The molecule has 1 aliphatic carbocycles. The first-order valence-corrected chi connectivity index (χ1v) is 10.0. The predicted octanol–water partition coefficient (Wildman–Crippen LogP) is 4.32. The molecule has 1 aliphatic heterocycles. The van der Waals surface area contributed by atoms with E-state index in [1.165, 1.54) is 24.9 Å². The number of nitrogen functional groups attached to an aromatic ring is 1. The van der Waals surface area contributed by atoms with E-state index in [0.29, 0.717) is 6.04 Å². The topological polar surface area (TPSA) is 67.2 Å². The summed E-state index contributed by atoms with van der Waals surface area (Å²) in [7, 11) is 0. The number of benzene rings is 2. The maximum absolute atomic E-state index is 10.0. The van der Waals surface area contributed by atoms with E-state index in [4.69, 9.17) is 10.5 Å². The summed E-state index contributed by atoms with van der Waals surface area (Å²) in [6, 6.07) is 17.4. The minimum atomic E-state index is 0.456. The Morgan fingerprint density at radius 2 is 1.79 bits per heavy atom. The molecule has 1 aromatic heterocycles. The SMILES string of the molecule is N#Cc1c(-c2ccc(N)cc2)n(C2CCC2)c2cc(N3CCOCC3)ccc12. The molecule has 0 atom stereocenters. The van der Waals surface area contributed by atoms with E-state index >= 15 is 0 Å². The Hall–Kier alpha value is -2.97. The van der Waals surface area contributed by atoms with Gasteiger partial charge in [-0.05, 0) is 55.2 Å². The number of nitriles is 1. The number of nitrogens with zero attached hydrogens (tertiary/aromatic N) is 3. The van der Waals surface area contributed by atoms with Gasteiger partial charge in [0.05, 0.1) is 30.0 Å². The van der Waals surface area contributed by atoms with Gasteiger partial charge in [0.15, 0.2) is 0 Å². The number of aromatic nitrogens is 1. The molecule has 142 valence electrons. The summed E-state index contributed by atoms with van der Waals surface area (Å²) >= 11 is 0. The second-order valence-corrected chi connectivity index (χ2v) is 7.71. The molecule has 2 fully saturated rings. The van der Waals surface area contributed by atoms with Crippen LogP contribution >= 0.6 is 0 Å². The van der Waals surface area contributed by atoms with Crippen molar-refractivity contribution in [3.05, 3.63) is 48.0 Å². The molecule has 5 heteroatoms. The Kier molecular flexibility index (Phi) is 4.22. The van der Waals surface area contributed by atoms with Crippen molar-refractivity contribution in [1.29, 1.82) is 5.26 Å². The average Bonchev–Trinajstić information content (AvgIpc) is 3.01. The van der Waals surface area contributed by atoms with E-state index in [2.05, 4.69) is 33.7 Å². The van der Waals surface area contributed by atoms with E-state index in [-0.39, 0.29) is 0 Å². The summed E-state index contributed by atoms with van der Waals surface area (Å²) < 4.78 is 7.91. The fourth-order valence-electron chi connectivity index (χ4n) is 4.38. The van der Waals surface area contributed by atoms with Crippen LogP contribution in [-0.4, -0.2) is 30.9 Å². The lowest BCUT2D eigenvalue weighted by atomic mass is 9.92. The van der Waals surface area contributed by atoms with Crippen LogP contribution in [0.1, 0.15) is 30.9 Å². The van der Waals surface area contributed by atoms with Crippen LogP contribution in [0.2, 0.25) is 0 Å². The van der Waals surface area contributed by atoms with Crippen molar-refractivity contribution in [2.45, 2.75) is 25.3 Å². The Bertz CT molecular complexity index is 1050. The van der Waals surface area contributed by atoms with E-state index < -0.39 is 0 Å². The molecule has 5 rings (SSSR count). The van der Waals surface area contributed by atoms with Crippen LogP contribution in [0.15, 0.2) is 42.5 Å². The van der Waals surface area contributed by atoms with E-state index in [1.54, 1.807) is 0 Å². The molecule has 1 saturated carbocycles. The summed E-state index contributed by atoms with van der Waals surface area (Å²) in [5.74, 6) is 0. The fraction of sp³-hybridized carbons (Fsp3) is 0.348. The molecule has 2 N–H and O–H groups in total. The quantitative estimate of drug-likeness (QED) is 0.695. The fourth-order valence-corrected chi connectivity index (χ4v) is 4.38. The van der Waals surface area contributed by atoms with Crippen LogP contribution in [0, 0.1) is 11.3 Å². The third kappa shape index (κ3) is 2.73. The lowest BCUT2D eigenvalue weighted by Crippen LogP contribution is -2.36. The maximum atomic E-state index is 10.0. The second kappa shape index (κ2) is 6.88. The zero-order valence-electron chi connectivity index (χ0n) is 15.9. The maximum Gasteiger partial charge on any atom is 0.102 e. The first kappa shape index (κ1) is 17.2.